The summed E-state index contributed by atoms with van der Waals surface area (Å²) in [5, 5.41) is 14.8. The Morgan fingerprint density at radius 3 is 0.921 bits per heavy atom. The number of rotatable bonds is 11. The Morgan fingerprint density at radius 2 is 0.456 bits per heavy atom. The maximum atomic E-state index is 5.25. The summed E-state index contributed by atoms with van der Waals surface area (Å²) in [5.41, 5.74) is 28.5. The molecule has 23 rings (SSSR count). The van der Waals surface area contributed by atoms with Crippen LogP contribution < -0.4 is 0 Å². The van der Waals surface area contributed by atoms with Crippen LogP contribution in [-0.4, -0.2) is 28.2 Å². The summed E-state index contributed by atoms with van der Waals surface area (Å²) in [6, 6.07) is 153. The van der Waals surface area contributed by atoms with Crippen molar-refractivity contribution in [2.24, 2.45) is 0 Å². The average Bonchev–Trinajstić information content (AvgIpc) is 1.59. The number of aromatic nitrogens is 6. The summed E-state index contributed by atoms with van der Waals surface area (Å²) < 4.78 is 9.51. The molecule has 0 fully saturated rings. The fourth-order valence-electron chi connectivity index (χ4n) is 17.5. The lowest BCUT2D eigenvalue weighted by atomic mass is 10.00. The van der Waals surface area contributed by atoms with E-state index in [1.807, 2.05) is 0 Å². The van der Waals surface area contributed by atoms with Crippen LogP contribution in [-0.2, 0) is 0 Å². The molecular weight excluding hydrogens is 1380 g/mol. The maximum absolute atomic E-state index is 5.25. The van der Waals surface area contributed by atoms with Gasteiger partial charge in [0.15, 0.2) is 0 Å². The van der Waals surface area contributed by atoms with Crippen molar-refractivity contribution in [3.05, 3.63) is 425 Å². The molecule has 0 aliphatic heterocycles. The Labute approximate surface area is 658 Å². The monoisotopic (exact) mass is 1450 g/mol. The van der Waals surface area contributed by atoms with Crippen LogP contribution in [0.15, 0.2) is 425 Å². The molecule has 0 aliphatic rings. The predicted octanol–water partition coefficient (Wildman–Crippen LogP) is 28.5. The van der Waals surface area contributed by atoms with Crippen molar-refractivity contribution in [3.8, 4) is 101 Å². The van der Waals surface area contributed by atoms with Crippen LogP contribution in [0.5, 0.6) is 0 Å². The van der Waals surface area contributed by atoms with E-state index in [1.54, 1.807) is 0 Å². The van der Waals surface area contributed by atoms with Crippen molar-refractivity contribution in [1.82, 2.24) is 28.2 Å². The molecule has 6 nitrogen and oxygen atoms in total. The van der Waals surface area contributed by atoms with E-state index in [0.29, 0.717) is 0 Å². The first-order valence-electron chi connectivity index (χ1n) is 39.0. The topological polar surface area (TPSA) is 45.5 Å². The summed E-state index contributed by atoms with van der Waals surface area (Å²) in [6.45, 7) is 0. The average molecular weight is 1450 g/mol. The highest BCUT2D eigenvalue weighted by Crippen LogP contribution is 2.43. The summed E-state index contributed by atoms with van der Waals surface area (Å²) in [5.74, 6) is 0.904. The van der Waals surface area contributed by atoms with Crippen molar-refractivity contribution in [3.63, 3.8) is 0 Å². The second kappa shape index (κ2) is 27.4. The quantitative estimate of drug-likeness (QED) is 0.130. The molecule has 0 radical (unpaired) electrons. The van der Waals surface area contributed by atoms with Gasteiger partial charge in [0.2, 0.25) is 0 Å². The molecule has 0 N–H and O–H groups in total. The van der Waals surface area contributed by atoms with E-state index in [-0.39, 0.29) is 0 Å². The lowest BCUT2D eigenvalue weighted by Crippen LogP contribution is -1.98. The summed E-state index contributed by atoms with van der Waals surface area (Å²) >= 11 is 0. The molecule has 6 heterocycles. The fraction of sp³-hybridized carbons (Fsp3) is 0. The van der Waals surface area contributed by atoms with Crippen LogP contribution in [0.4, 0.5) is 0 Å². The molecule has 0 spiro atoms. The smallest absolute Gasteiger partial charge is 0.138 e. The number of hydrogen-bond donors (Lipinski definition) is 0. The lowest BCUT2D eigenvalue weighted by molar-refractivity contribution is 1.08. The molecule has 0 amide bonds. The number of fused-ring (bicyclic) bond motifs is 14. The number of hydrogen-bond acceptors (Lipinski definition) is 2. The van der Waals surface area contributed by atoms with Gasteiger partial charge >= 0.3 is 0 Å². The SMILES string of the molecule is c1ccc(-c2cc(-c3ccccc3)nc(-c3cccc(-n4c5ccccc5c5cc(-c6ccc7c(c6)c6ccccc6n7-c6ccc7ccccc7c6)ccc54)c3)c2)cc1.c1ccc(-c2ccc(-c3cccc(-n4c5ccccc5c5cc(-c6ccc7c(c6)c6ccccc6n7-c6ccc7ccccc7c6)ccc54)n3)cc2)cc1. The molecule has 0 atom stereocenters. The zero-order valence-corrected chi connectivity index (χ0v) is 62.1. The second-order valence-corrected chi connectivity index (χ2v) is 29.6. The van der Waals surface area contributed by atoms with E-state index in [1.165, 1.54) is 148 Å². The van der Waals surface area contributed by atoms with Crippen molar-refractivity contribution >= 4 is 109 Å². The van der Waals surface area contributed by atoms with E-state index in [2.05, 4.69) is 443 Å². The van der Waals surface area contributed by atoms with Crippen LogP contribution in [0.3, 0.4) is 0 Å². The molecular formula is C108H70N6. The van der Waals surface area contributed by atoms with E-state index in [0.717, 1.165) is 61.9 Å². The normalized spacial score (nSPS) is 11.7. The Bertz CT molecular complexity index is 7660. The molecule has 114 heavy (non-hydrogen) atoms. The van der Waals surface area contributed by atoms with Crippen LogP contribution in [0.2, 0.25) is 0 Å². The Hall–Kier alpha value is -15.2. The van der Waals surface area contributed by atoms with Gasteiger partial charge in [-0.3, -0.25) is 4.57 Å². The minimum atomic E-state index is 0.904. The molecule has 0 unspecified atom stereocenters. The van der Waals surface area contributed by atoms with E-state index in [4.69, 9.17) is 9.97 Å². The van der Waals surface area contributed by atoms with Crippen LogP contribution in [0, 0.1) is 0 Å². The molecule has 0 saturated heterocycles. The van der Waals surface area contributed by atoms with E-state index in [9.17, 15) is 0 Å². The summed E-state index contributed by atoms with van der Waals surface area (Å²) in [4.78, 5) is 10.5. The summed E-state index contributed by atoms with van der Waals surface area (Å²) in [6.07, 6.45) is 0. The first-order chi connectivity index (χ1) is 56.5. The molecule has 6 heteroatoms. The zero-order valence-electron chi connectivity index (χ0n) is 62.1. The minimum absolute atomic E-state index is 0.904. The molecule has 17 aromatic carbocycles. The second-order valence-electron chi connectivity index (χ2n) is 29.6. The van der Waals surface area contributed by atoms with E-state index < -0.39 is 0 Å². The van der Waals surface area contributed by atoms with Gasteiger partial charge in [-0.1, -0.05) is 291 Å². The van der Waals surface area contributed by atoms with Gasteiger partial charge in [-0.05, 0) is 200 Å². The van der Waals surface area contributed by atoms with Crippen LogP contribution in [0.25, 0.3) is 210 Å². The largest absolute Gasteiger partial charge is 0.309 e. The van der Waals surface area contributed by atoms with Gasteiger partial charge in [0.25, 0.3) is 0 Å². The first kappa shape index (κ1) is 65.8. The van der Waals surface area contributed by atoms with Gasteiger partial charge in [0, 0.05) is 76.8 Å². The van der Waals surface area contributed by atoms with Gasteiger partial charge in [0.1, 0.15) is 5.82 Å². The highest BCUT2D eigenvalue weighted by Gasteiger charge is 2.21. The molecule has 0 bridgehead atoms. The zero-order chi connectivity index (χ0) is 75.2. The Balaban J connectivity index is 0.000000140. The molecule has 0 aliphatic carbocycles. The third-order valence-corrected chi connectivity index (χ3v) is 23.0. The van der Waals surface area contributed by atoms with Crippen molar-refractivity contribution in [2.75, 3.05) is 0 Å². The van der Waals surface area contributed by atoms with Crippen molar-refractivity contribution < 1.29 is 0 Å². The molecule has 23 aromatic rings. The van der Waals surface area contributed by atoms with Gasteiger partial charge in [-0.15, -0.1) is 0 Å². The minimum Gasteiger partial charge on any atom is -0.309 e. The highest BCUT2D eigenvalue weighted by molar-refractivity contribution is 6.15. The third-order valence-electron chi connectivity index (χ3n) is 23.0. The summed E-state index contributed by atoms with van der Waals surface area (Å²) in [7, 11) is 0. The lowest BCUT2D eigenvalue weighted by Gasteiger charge is -2.13. The third kappa shape index (κ3) is 11.4. The van der Waals surface area contributed by atoms with Crippen molar-refractivity contribution in [1.29, 1.82) is 0 Å². The first-order valence-corrected chi connectivity index (χ1v) is 39.0. The Morgan fingerprint density at radius 1 is 0.140 bits per heavy atom. The van der Waals surface area contributed by atoms with E-state index >= 15 is 0 Å². The van der Waals surface area contributed by atoms with Gasteiger partial charge in [0.05, 0.1) is 61.2 Å². The number of pyridine rings is 2. The fourth-order valence-corrected chi connectivity index (χ4v) is 17.5. The van der Waals surface area contributed by atoms with Gasteiger partial charge in [-0.2, -0.15) is 0 Å². The molecule has 6 aromatic heterocycles. The van der Waals surface area contributed by atoms with Gasteiger partial charge in [-0.25, -0.2) is 9.97 Å². The standard InChI is InChI=1S/C57H37N3.C51H33N3/c1-3-14-38(15-4-1)45-36-52(40-17-5-2-6-18-40)58-53(37-45)44-20-13-21-46(33-44)59-54-24-11-9-22-48(54)50-34-42(27-30-56(50)59)43-28-31-57-51(35-43)49-23-10-12-25-55(49)60(57)47-29-26-39-16-7-8-19-41(39)32-47;1-2-11-34(12-3-1)36-21-23-37(24-22-36)46-17-10-20-51(52-46)54-48-19-9-7-16-43(48)45-33-40(27-30-50(45)54)39-26-29-49-44(32-39)42-15-6-8-18-47(42)53(49)41-28-25-35-13-4-5-14-38(35)31-41/h1-37H;1-33H. The van der Waals surface area contributed by atoms with Crippen LogP contribution >= 0.6 is 0 Å². The van der Waals surface area contributed by atoms with Crippen LogP contribution in [0.1, 0.15) is 0 Å². The molecule has 532 valence electrons. The highest BCUT2D eigenvalue weighted by atomic mass is 15.1. The number of benzene rings is 17. The number of nitrogens with zero attached hydrogens (tertiary/aromatic N) is 6. The van der Waals surface area contributed by atoms with Gasteiger partial charge < -0.3 is 13.7 Å². The number of para-hydroxylation sites is 4. The predicted molar refractivity (Wildman–Crippen MR) is 479 cm³/mol. The van der Waals surface area contributed by atoms with Crippen molar-refractivity contribution in [2.45, 2.75) is 0 Å². The Kier molecular flexibility index (Phi) is 15.8. The maximum Gasteiger partial charge on any atom is 0.138 e. The molecule has 0 saturated carbocycles.